The van der Waals surface area contributed by atoms with Crippen molar-refractivity contribution in [3.8, 4) is 0 Å². The second-order valence-electron chi connectivity index (χ2n) is 6.24. The van der Waals surface area contributed by atoms with Crippen LogP contribution in [0.3, 0.4) is 0 Å². The van der Waals surface area contributed by atoms with Gasteiger partial charge >= 0.3 is 5.97 Å². The zero-order chi connectivity index (χ0) is 14.7. The molecular weight excluding hydrogens is 258 g/mol. The lowest BCUT2D eigenvalue weighted by molar-refractivity contribution is -0.146. The topological polar surface area (TPSA) is 75.6 Å². The van der Waals surface area contributed by atoms with Gasteiger partial charge in [-0.25, -0.2) is 0 Å². The molecular formula is C15H25NO4. The predicted molar refractivity (Wildman–Crippen MR) is 74.2 cm³/mol. The number of carboxylic acid groups (broad SMARTS) is 1. The minimum absolute atomic E-state index is 0.0940. The summed E-state index contributed by atoms with van der Waals surface area (Å²) in [5.74, 6) is -1.15. The van der Waals surface area contributed by atoms with Gasteiger partial charge in [0.25, 0.3) is 0 Å². The first kappa shape index (κ1) is 15.3. The molecule has 5 nitrogen and oxygen atoms in total. The Labute approximate surface area is 120 Å². The second-order valence-corrected chi connectivity index (χ2v) is 6.24. The standard InChI is InChI=1S/C15H25NO4/c1-3-13-10(4-5-20-13)8-16-14(17)11-6-9(2)7-12(11)15(18)19/h9-13H,3-8H2,1-2H3,(H,16,17)(H,18,19)/t9?,10?,11-,12+,13?/m0/s1. The number of carboxylic acids is 1. The fourth-order valence-corrected chi connectivity index (χ4v) is 3.59. The van der Waals surface area contributed by atoms with Crippen LogP contribution in [0.2, 0.25) is 0 Å². The maximum absolute atomic E-state index is 12.2. The van der Waals surface area contributed by atoms with Gasteiger partial charge in [-0.1, -0.05) is 13.8 Å². The summed E-state index contributed by atoms with van der Waals surface area (Å²) >= 11 is 0. The second kappa shape index (κ2) is 6.57. The summed E-state index contributed by atoms with van der Waals surface area (Å²) in [6.07, 6.45) is 3.45. The number of ether oxygens (including phenoxy) is 1. The van der Waals surface area contributed by atoms with Crippen molar-refractivity contribution in [1.82, 2.24) is 5.32 Å². The van der Waals surface area contributed by atoms with Gasteiger partial charge in [-0.2, -0.15) is 0 Å². The van der Waals surface area contributed by atoms with Gasteiger partial charge in [-0.3, -0.25) is 9.59 Å². The van der Waals surface area contributed by atoms with Gasteiger partial charge in [0.2, 0.25) is 5.91 Å². The summed E-state index contributed by atoms with van der Waals surface area (Å²) < 4.78 is 5.60. The van der Waals surface area contributed by atoms with Gasteiger partial charge in [0.1, 0.15) is 0 Å². The third-order valence-corrected chi connectivity index (χ3v) is 4.74. The summed E-state index contributed by atoms with van der Waals surface area (Å²) in [5, 5.41) is 12.2. The number of amides is 1. The summed E-state index contributed by atoms with van der Waals surface area (Å²) in [6.45, 7) is 5.47. The molecule has 1 aliphatic heterocycles. The molecule has 5 atom stereocenters. The molecule has 2 aliphatic rings. The highest BCUT2D eigenvalue weighted by Crippen LogP contribution is 2.36. The van der Waals surface area contributed by atoms with E-state index in [2.05, 4.69) is 12.2 Å². The number of rotatable bonds is 5. The Morgan fingerprint density at radius 1 is 1.30 bits per heavy atom. The molecule has 0 bridgehead atoms. The van der Waals surface area contributed by atoms with E-state index < -0.39 is 11.9 Å². The number of carbonyl (C=O) groups excluding carboxylic acids is 1. The Hall–Kier alpha value is -1.10. The average molecular weight is 283 g/mol. The molecule has 0 radical (unpaired) electrons. The molecule has 5 heteroatoms. The monoisotopic (exact) mass is 283 g/mol. The van der Waals surface area contributed by atoms with E-state index in [-0.39, 0.29) is 17.9 Å². The first-order valence-corrected chi connectivity index (χ1v) is 7.65. The van der Waals surface area contributed by atoms with Crippen molar-refractivity contribution in [3.05, 3.63) is 0 Å². The number of aliphatic carboxylic acids is 1. The Balaban J connectivity index is 1.86. The molecule has 0 spiro atoms. The fourth-order valence-electron chi connectivity index (χ4n) is 3.59. The molecule has 20 heavy (non-hydrogen) atoms. The molecule has 3 unspecified atom stereocenters. The van der Waals surface area contributed by atoms with E-state index in [0.717, 1.165) is 19.4 Å². The molecule has 2 rings (SSSR count). The maximum atomic E-state index is 12.2. The van der Waals surface area contributed by atoms with Crippen LogP contribution in [0.4, 0.5) is 0 Å². The van der Waals surface area contributed by atoms with Gasteiger partial charge < -0.3 is 15.2 Å². The highest BCUT2D eigenvalue weighted by atomic mass is 16.5. The number of nitrogens with one attached hydrogen (secondary N) is 1. The maximum Gasteiger partial charge on any atom is 0.307 e. The Bertz CT molecular complexity index is 371. The summed E-state index contributed by atoms with van der Waals surface area (Å²) in [7, 11) is 0. The van der Waals surface area contributed by atoms with Crippen LogP contribution < -0.4 is 5.32 Å². The van der Waals surface area contributed by atoms with Crippen LogP contribution in [0.15, 0.2) is 0 Å². The van der Waals surface area contributed by atoms with Gasteiger partial charge in [0.15, 0.2) is 0 Å². The van der Waals surface area contributed by atoms with Crippen LogP contribution in [-0.2, 0) is 14.3 Å². The molecule has 0 aromatic heterocycles. The highest BCUT2D eigenvalue weighted by molar-refractivity contribution is 5.85. The third kappa shape index (κ3) is 3.32. The van der Waals surface area contributed by atoms with Crippen LogP contribution in [-0.4, -0.2) is 36.2 Å². The number of hydrogen-bond donors (Lipinski definition) is 2. The van der Waals surface area contributed by atoms with E-state index in [1.165, 1.54) is 0 Å². The van der Waals surface area contributed by atoms with E-state index in [1.54, 1.807) is 0 Å². The molecule has 114 valence electrons. The van der Waals surface area contributed by atoms with Crippen molar-refractivity contribution in [2.45, 2.75) is 45.6 Å². The Morgan fingerprint density at radius 2 is 2.00 bits per heavy atom. The normalized spacial score (nSPS) is 37.0. The summed E-state index contributed by atoms with van der Waals surface area (Å²) in [6, 6.07) is 0. The first-order valence-electron chi connectivity index (χ1n) is 7.65. The van der Waals surface area contributed by atoms with Crippen molar-refractivity contribution in [2.75, 3.05) is 13.2 Å². The number of hydrogen-bond acceptors (Lipinski definition) is 3. The van der Waals surface area contributed by atoms with Crippen molar-refractivity contribution in [3.63, 3.8) is 0 Å². The minimum atomic E-state index is -0.842. The SMILES string of the molecule is CCC1OCCC1CNC(=O)[C@H]1CC(C)C[C@H]1C(=O)O. The van der Waals surface area contributed by atoms with Gasteiger partial charge in [-0.15, -0.1) is 0 Å². The van der Waals surface area contributed by atoms with Crippen molar-refractivity contribution >= 4 is 11.9 Å². The lowest BCUT2D eigenvalue weighted by atomic mass is 9.94. The van der Waals surface area contributed by atoms with Crippen LogP contribution in [0, 0.1) is 23.7 Å². The molecule has 1 aliphatic carbocycles. The molecule has 2 N–H and O–H groups in total. The zero-order valence-corrected chi connectivity index (χ0v) is 12.3. The quantitative estimate of drug-likeness (QED) is 0.804. The molecule has 1 saturated carbocycles. The van der Waals surface area contributed by atoms with E-state index in [1.807, 2.05) is 6.92 Å². The van der Waals surface area contributed by atoms with Crippen molar-refractivity contribution < 1.29 is 19.4 Å². The lowest BCUT2D eigenvalue weighted by Crippen LogP contribution is -2.39. The molecule has 1 heterocycles. The lowest BCUT2D eigenvalue weighted by Gasteiger charge is -2.20. The van der Waals surface area contributed by atoms with Crippen LogP contribution in [0.1, 0.15) is 39.5 Å². The van der Waals surface area contributed by atoms with Gasteiger partial charge in [-0.05, 0) is 31.6 Å². The molecule has 2 fully saturated rings. The molecule has 0 aromatic carbocycles. The smallest absolute Gasteiger partial charge is 0.307 e. The van der Waals surface area contributed by atoms with Crippen molar-refractivity contribution in [2.24, 2.45) is 23.7 Å². The van der Waals surface area contributed by atoms with E-state index >= 15 is 0 Å². The molecule has 1 saturated heterocycles. The van der Waals surface area contributed by atoms with E-state index in [0.29, 0.717) is 31.2 Å². The van der Waals surface area contributed by atoms with E-state index in [9.17, 15) is 14.7 Å². The first-order chi connectivity index (χ1) is 9.52. The largest absolute Gasteiger partial charge is 0.481 e. The minimum Gasteiger partial charge on any atom is -0.481 e. The number of carbonyl (C=O) groups is 2. The molecule has 1 amide bonds. The average Bonchev–Trinajstić information content (AvgIpc) is 3.01. The van der Waals surface area contributed by atoms with Crippen LogP contribution >= 0.6 is 0 Å². The van der Waals surface area contributed by atoms with Gasteiger partial charge in [0.05, 0.1) is 17.9 Å². The Morgan fingerprint density at radius 3 is 2.65 bits per heavy atom. The van der Waals surface area contributed by atoms with Crippen LogP contribution in [0.5, 0.6) is 0 Å². The van der Waals surface area contributed by atoms with Gasteiger partial charge in [0, 0.05) is 19.1 Å². The summed E-state index contributed by atoms with van der Waals surface area (Å²) in [5.41, 5.74) is 0. The fraction of sp³-hybridized carbons (Fsp3) is 0.867. The third-order valence-electron chi connectivity index (χ3n) is 4.74. The summed E-state index contributed by atoms with van der Waals surface area (Å²) in [4.78, 5) is 23.5. The Kier molecular flexibility index (Phi) is 5.02. The van der Waals surface area contributed by atoms with Crippen molar-refractivity contribution in [1.29, 1.82) is 0 Å². The van der Waals surface area contributed by atoms with Crippen LogP contribution in [0.25, 0.3) is 0 Å². The highest BCUT2D eigenvalue weighted by Gasteiger charge is 2.41. The zero-order valence-electron chi connectivity index (χ0n) is 12.3. The van der Waals surface area contributed by atoms with E-state index in [4.69, 9.17) is 4.74 Å². The predicted octanol–water partition coefficient (Wildman–Crippen LogP) is 1.66. The molecule has 0 aromatic rings.